The fourth-order valence-electron chi connectivity index (χ4n) is 1.69. The third-order valence-electron chi connectivity index (χ3n) is 2.34. The standard InChI is InChI=1S/C11H17N3O4/c1-2-5-14-9(3-4-12-14)6-13(7-10(15)16)8-11(17)18/h3-4H,2,5-8H2,1H3,(H,15,16)(H,17,18). The largest absolute Gasteiger partial charge is 0.480 e. The fraction of sp³-hybridized carbons (Fsp3) is 0.545. The second kappa shape index (κ2) is 6.75. The average Bonchev–Trinajstić information content (AvgIpc) is 2.64. The molecule has 0 amide bonds. The number of hydrogen-bond acceptors (Lipinski definition) is 4. The number of aryl methyl sites for hydroxylation is 1. The first-order chi connectivity index (χ1) is 8.52. The summed E-state index contributed by atoms with van der Waals surface area (Å²) < 4.78 is 1.76. The molecule has 0 unspecified atom stereocenters. The Bertz CT molecular complexity index is 400. The van der Waals surface area contributed by atoms with Crippen LogP contribution in [0.3, 0.4) is 0 Å². The highest BCUT2D eigenvalue weighted by Gasteiger charge is 2.15. The smallest absolute Gasteiger partial charge is 0.317 e. The molecule has 0 aliphatic rings. The second-order valence-electron chi connectivity index (χ2n) is 3.98. The molecule has 100 valence electrons. The minimum absolute atomic E-state index is 0.262. The maximum Gasteiger partial charge on any atom is 0.317 e. The van der Waals surface area contributed by atoms with Gasteiger partial charge in [-0.05, 0) is 12.5 Å². The van der Waals surface area contributed by atoms with Crippen LogP contribution < -0.4 is 0 Å². The quantitative estimate of drug-likeness (QED) is 0.692. The molecule has 0 fully saturated rings. The molecule has 0 atom stereocenters. The summed E-state index contributed by atoms with van der Waals surface area (Å²) in [5, 5.41) is 21.6. The first-order valence-electron chi connectivity index (χ1n) is 5.69. The van der Waals surface area contributed by atoms with E-state index in [2.05, 4.69) is 5.10 Å². The van der Waals surface area contributed by atoms with E-state index in [0.29, 0.717) is 0 Å². The molecule has 0 aliphatic carbocycles. The van der Waals surface area contributed by atoms with E-state index in [-0.39, 0.29) is 19.6 Å². The van der Waals surface area contributed by atoms with E-state index in [0.717, 1.165) is 18.7 Å². The molecule has 7 heteroatoms. The minimum Gasteiger partial charge on any atom is -0.480 e. The van der Waals surface area contributed by atoms with Crippen LogP contribution in [0.25, 0.3) is 0 Å². The molecule has 0 aromatic carbocycles. The Kier molecular flexibility index (Phi) is 5.31. The summed E-state index contributed by atoms with van der Waals surface area (Å²) in [6, 6.07) is 1.77. The Hall–Kier alpha value is -1.89. The molecule has 1 aromatic rings. The predicted molar refractivity (Wildman–Crippen MR) is 63.1 cm³/mol. The van der Waals surface area contributed by atoms with Gasteiger partial charge in [-0.15, -0.1) is 0 Å². The zero-order valence-electron chi connectivity index (χ0n) is 10.2. The number of aliphatic carboxylic acids is 2. The lowest BCUT2D eigenvalue weighted by Gasteiger charge is -2.18. The van der Waals surface area contributed by atoms with E-state index in [1.165, 1.54) is 4.90 Å². The first kappa shape index (κ1) is 14.2. The van der Waals surface area contributed by atoms with Gasteiger partial charge < -0.3 is 10.2 Å². The lowest BCUT2D eigenvalue weighted by molar-refractivity contribution is -0.142. The molecule has 0 saturated carbocycles. The predicted octanol–water partition coefficient (Wildman–Crippen LogP) is 0.264. The summed E-state index contributed by atoms with van der Waals surface area (Å²) in [5.74, 6) is -2.09. The van der Waals surface area contributed by atoms with E-state index in [1.54, 1.807) is 16.9 Å². The SMILES string of the molecule is CCCn1nccc1CN(CC(=O)O)CC(=O)O. The maximum atomic E-state index is 10.7. The minimum atomic E-state index is -1.04. The molecule has 0 aliphatic heterocycles. The van der Waals surface area contributed by atoms with Crippen molar-refractivity contribution >= 4 is 11.9 Å². The van der Waals surface area contributed by atoms with Crippen LogP contribution in [-0.2, 0) is 22.7 Å². The molecule has 1 rings (SSSR count). The van der Waals surface area contributed by atoms with E-state index in [1.807, 2.05) is 6.92 Å². The van der Waals surface area contributed by atoms with Crippen molar-refractivity contribution in [2.24, 2.45) is 0 Å². The Balaban J connectivity index is 2.71. The topological polar surface area (TPSA) is 95.7 Å². The van der Waals surface area contributed by atoms with Crippen molar-refractivity contribution in [2.45, 2.75) is 26.4 Å². The van der Waals surface area contributed by atoms with Gasteiger partial charge in [0.2, 0.25) is 0 Å². The number of carboxylic acids is 2. The molecule has 1 heterocycles. The van der Waals surface area contributed by atoms with Crippen LogP contribution in [0.15, 0.2) is 12.3 Å². The van der Waals surface area contributed by atoms with E-state index in [9.17, 15) is 9.59 Å². The Labute approximate surface area is 105 Å². The third-order valence-corrected chi connectivity index (χ3v) is 2.34. The average molecular weight is 255 g/mol. The number of aromatic nitrogens is 2. The van der Waals surface area contributed by atoms with Gasteiger partial charge in [0, 0.05) is 19.3 Å². The van der Waals surface area contributed by atoms with Crippen molar-refractivity contribution in [3.63, 3.8) is 0 Å². The van der Waals surface area contributed by atoms with Crippen molar-refractivity contribution < 1.29 is 19.8 Å². The molecule has 18 heavy (non-hydrogen) atoms. The zero-order chi connectivity index (χ0) is 13.5. The molecule has 0 radical (unpaired) electrons. The van der Waals surface area contributed by atoms with Crippen molar-refractivity contribution in [3.8, 4) is 0 Å². The number of hydrogen-bond donors (Lipinski definition) is 2. The van der Waals surface area contributed by atoms with E-state index < -0.39 is 11.9 Å². The number of nitrogens with zero attached hydrogens (tertiary/aromatic N) is 3. The van der Waals surface area contributed by atoms with E-state index in [4.69, 9.17) is 10.2 Å². The first-order valence-corrected chi connectivity index (χ1v) is 5.69. The molecule has 2 N–H and O–H groups in total. The van der Waals surface area contributed by atoms with Gasteiger partial charge in [0.05, 0.1) is 18.8 Å². The third kappa shape index (κ3) is 4.54. The number of carbonyl (C=O) groups is 2. The normalized spacial score (nSPS) is 10.8. The summed E-state index contributed by atoms with van der Waals surface area (Å²) in [6.07, 6.45) is 2.54. The Morgan fingerprint density at radius 3 is 2.44 bits per heavy atom. The van der Waals surface area contributed by atoms with Crippen molar-refractivity contribution in [1.82, 2.24) is 14.7 Å². The summed E-state index contributed by atoms with van der Waals surface area (Å²) in [6.45, 7) is 2.40. The molecular weight excluding hydrogens is 238 g/mol. The van der Waals surface area contributed by atoms with Gasteiger partial charge in [0.15, 0.2) is 0 Å². The highest BCUT2D eigenvalue weighted by Crippen LogP contribution is 2.05. The van der Waals surface area contributed by atoms with Crippen LogP contribution in [-0.4, -0.2) is 49.9 Å². The summed E-state index contributed by atoms with van der Waals surface area (Å²) in [7, 11) is 0. The summed E-state index contributed by atoms with van der Waals surface area (Å²) in [4.78, 5) is 22.7. The van der Waals surface area contributed by atoms with Crippen molar-refractivity contribution in [2.75, 3.05) is 13.1 Å². The van der Waals surface area contributed by atoms with Crippen LogP contribution in [0.4, 0.5) is 0 Å². The molecule has 7 nitrogen and oxygen atoms in total. The summed E-state index contributed by atoms with van der Waals surface area (Å²) in [5.41, 5.74) is 0.819. The van der Waals surface area contributed by atoms with Gasteiger partial charge in [-0.3, -0.25) is 19.2 Å². The van der Waals surface area contributed by atoms with Crippen LogP contribution in [0.2, 0.25) is 0 Å². The van der Waals surface area contributed by atoms with Crippen LogP contribution >= 0.6 is 0 Å². The molecular formula is C11H17N3O4. The molecule has 1 aromatic heterocycles. The maximum absolute atomic E-state index is 10.7. The molecule has 0 saturated heterocycles. The van der Waals surface area contributed by atoms with Crippen LogP contribution in [0.5, 0.6) is 0 Å². The van der Waals surface area contributed by atoms with Crippen molar-refractivity contribution in [1.29, 1.82) is 0 Å². The van der Waals surface area contributed by atoms with Gasteiger partial charge >= 0.3 is 11.9 Å². The van der Waals surface area contributed by atoms with Gasteiger partial charge in [0.25, 0.3) is 0 Å². The molecule has 0 spiro atoms. The highest BCUT2D eigenvalue weighted by molar-refractivity contribution is 5.72. The summed E-state index contributed by atoms with van der Waals surface area (Å²) >= 11 is 0. The highest BCUT2D eigenvalue weighted by atomic mass is 16.4. The van der Waals surface area contributed by atoms with Gasteiger partial charge in [-0.25, -0.2) is 0 Å². The van der Waals surface area contributed by atoms with Crippen LogP contribution in [0.1, 0.15) is 19.0 Å². The van der Waals surface area contributed by atoms with Gasteiger partial charge in [-0.1, -0.05) is 6.92 Å². The van der Waals surface area contributed by atoms with Crippen molar-refractivity contribution in [3.05, 3.63) is 18.0 Å². The second-order valence-corrected chi connectivity index (χ2v) is 3.98. The monoisotopic (exact) mass is 255 g/mol. The van der Waals surface area contributed by atoms with E-state index >= 15 is 0 Å². The fourth-order valence-corrected chi connectivity index (χ4v) is 1.69. The Morgan fingerprint density at radius 2 is 1.94 bits per heavy atom. The van der Waals surface area contributed by atoms with Gasteiger partial charge in [-0.2, -0.15) is 5.10 Å². The Morgan fingerprint density at radius 1 is 1.33 bits per heavy atom. The number of rotatable bonds is 8. The van der Waals surface area contributed by atoms with Crippen LogP contribution in [0, 0.1) is 0 Å². The zero-order valence-corrected chi connectivity index (χ0v) is 10.2. The van der Waals surface area contributed by atoms with Gasteiger partial charge in [0.1, 0.15) is 0 Å². The number of carboxylic acid groups (broad SMARTS) is 2. The lowest BCUT2D eigenvalue weighted by atomic mass is 10.3. The lowest BCUT2D eigenvalue weighted by Crippen LogP contribution is -2.34. The molecule has 0 bridgehead atoms.